The number of aliphatic carboxylic acids is 1. The summed E-state index contributed by atoms with van der Waals surface area (Å²) in [5, 5.41) is 27.4. The number of carbonyl (C=O) groups excluding carboxylic acids is 3. The number of hydrogen-bond donors (Lipinski definition) is 7. The molecule has 0 fully saturated rings. The summed E-state index contributed by atoms with van der Waals surface area (Å²) in [6.45, 7) is 0.732. The number of fused-ring (bicyclic) bond motifs is 1. The van der Waals surface area contributed by atoms with Crippen LogP contribution < -0.4 is 21.7 Å². The smallest absolute Gasteiger partial charge is 0.326 e. The number of thioether (sulfide) groups is 1. The van der Waals surface area contributed by atoms with Crippen molar-refractivity contribution >= 4 is 46.4 Å². The molecule has 2 aromatic rings. The number of nitrogens with one attached hydrogen (secondary N) is 4. The Labute approximate surface area is 201 Å². The zero-order valence-electron chi connectivity index (χ0n) is 19.0. The minimum absolute atomic E-state index is 0.0397. The van der Waals surface area contributed by atoms with E-state index in [0.29, 0.717) is 5.75 Å². The van der Waals surface area contributed by atoms with Gasteiger partial charge in [-0.3, -0.25) is 14.4 Å². The number of amides is 3. The first-order valence-corrected chi connectivity index (χ1v) is 12.1. The zero-order valence-corrected chi connectivity index (χ0v) is 19.9. The second kappa shape index (κ2) is 13.0. The predicted molar refractivity (Wildman–Crippen MR) is 129 cm³/mol. The maximum Gasteiger partial charge on any atom is 0.326 e. The van der Waals surface area contributed by atoms with Gasteiger partial charge in [-0.25, -0.2) is 4.79 Å². The summed E-state index contributed by atoms with van der Waals surface area (Å²) in [6, 6.07) is 2.93. The SMILES string of the molecule is CSCCC(NC(=O)C(CO)NC(=O)C(C)N)C(=O)NC(Cc1c[nH]c2ccccc12)C(=O)O. The van der Waals surface area contributed by atoms with Gasteiger partial charge in [0.15, 0.2) is 0 Å². The van der Waals surface area contributed by atoms with Crippen LogP contribution in [-0.4, -0.2) is 81.7 Å². The molecule has 0 radical (unpaired) electrons. The van der Waals surface area contributed by atoms with E-state index in [9.17, 15) is 29.4 Å². The van der Waals surface area contributed by atoms with Gasteiger partial charge in [0, 0.05) is 23.5 Å². The van der Waals surface area contributed by atoms with Crippen molar-refractivity contribution in [2.75, 3.05) is 18.6 Å². The fourth-order valence-electron chi connectivity index (χ4n) is 3.27. The Hall–Kier alpha value is -3.09. The largest absolute Gasteiger partial charge is 0.480 e. The lowest BCUT2D eigenvalue weighted by molar-refractivity contribution is -0.142. The Morgan fingerprint density at radius 3 is 2.26 bits per heavy atom. The molecule has 0 aliphatic carbocycles. The number of para-hydroxylation sites is 1. The summed E-state index contributed by atoms with van der Waals surface area (Å²) in [5.74, 6) is -2.80. The summed E-state index contributed by atoms with van der Waals surface area (Å²) < 4.78 is 0. The molecular formula is C22H31N5O6S. The van der Waals surface area contributed by atoms with E-state index in [0.717, 1.165) is 16.5 Å². The molecule has 11 nitrogen and oxygen atoms in total. The Balaban J connectivity index is 2.12. The molecule has 1 aromatic carbocycles. The van der Waals surface area contributed by atoms with Gasteiger partial charge in [0.25, 0.3) is 0 Å². The lowest BCUT2D eigenvalue weighted by Gasteiger charge is -2.24. The molecular weight excluding hydrogens is 462 g/mol. The van der Waals surface area contributed by atoms with Crippen molar-refractivity contribution in [3.8, 4) is 0 Å². The summed E-state index contributed by atoms with van der Waals surface area (Å²) in [5.41, 5.74) is 7.06. The molecule has 1 heterocycles. The first kappa shape index (κ1) is 27.2. The first-order valence-electron chi connectivity index (χ1n) is 10.7. The van der Waals surface area contributed by atoms with Crippen LogP contribution in [0.25, 0.3) is 10.9 Å². The molecule has 1 aromatic heterocycles. The van der Waals surface area contributed by atoms with Crippen LogP contribution in [0.1, 0.15) is 18.9 Å². The Kier molecular flexibility index (Phi) is 10.4. The number of hydrogen-bond acceptors (Lipinski definition) is 7. The Morgan fingerprint density at radius 2 is 1.65 bits per heavy atom. The molecule has 0 bridgehead atoms. The molecule has 4 unspecified atom stereocenters. The van der Waals surface area contributed by atoms with Gasteiger partial charge >= 0.3 is 5.97 Å². The normalized spacial score (nSPS) is 14.6. The highest BCUT2D eigenvalue weighted by Gasteiger charge is 2.30. The predicted octanol–water partition coefficient (Wildman–Crippen LogP) is -0.658. The average Bonchev–Trinajstić information content (AvgIpc) is 3.21. The third-order valence-electron chi connectivity index (χ3n) is 5.19. The Bertz CT molecular complexity index is 1010. The molecule has 186 valence electrons. The molecule has 4 atom stereocenters. The molecule has 0 aliphatic rings. The molecule has 0 saturated heterocycles. The number of aliphatic hydroxyl groups excluding tert-OH is 1. The number of aromatic nitrogens is 1. The monoisotopic (exact) mass is 493 g/mol. The minimum Gasteiger partial charge on any atom is -0.480 e. The molecule has 3 amide bonds. The topological polar surface area (TPSA) is 187 Å². The van der Waals surface area contributed by atoms with E-state index in [1.807, 2.05) is 30.5 Å². The van der Waals surface area contributed by atoms with Crippen molar-refractivity contribution in [1.29, 1.82) is 0 Å². The number of aliphatic hydroxyl groups is 1. The van der Waals surface area contributed by atoms with Crippen molar-refractivity contribution < 1.29 is 29.4 Å². The van der Waals surface area contributed by atoms with Crippen molar-refractivity contribution in [1.82, 2.24) is 20.9 Å². The molecule has 2 rings (SSSR count). The van der Waals surface area contributed by atoms with Gasteiger partial charge in [0.1, 0.15) is 18.1 Å². The van der Waals surface area contributed by atoms with E-state index in [-0.39, 0.29) is 12.8 Å². The number of benzene rings is 1. The highest BCUT2D eigenvalue weighted by atomic mass is 32.2. The van der Waals surface area contributed by atoms with Crippen LogP contribution in [0.5, 0.6) is 0 Å². The summed E-state index contributed by atoms with van der Waals surface area (Å²) in [6.07, 6.45) is 3.79. The van der Waals surface area contributed by atoms with Crippen LogP contribution in [0.4, 0.5) is 0 Å². The molecule has 8 N–H and O–H groups in total. The van der Waals surface area contributed by atoms with Gasteiger partial charge in [-0.2, -0.15) is 11.8 Å². The molecule has 0 spiro atoms. The van der Waals surface area contributed by atoms with E-state index in [4.69, 9.17) is 5.73 Å². The van der Waals surface area contributed by atoms with Crippen LogP contribution in [0.15, 0.2) is 30.5 Å². The van der Waals surface area contributed by atoms with Crippen molar-refractivity contribution in [3.05, 3.63) is 36.0 Å². The standard InChI is InChI=1S/C22H31N5O6S/c1-12(23)19(29)27-18(11-28)21(31)25-16(7-8-34-2)20(30)26-17(22(32)33)9-13-10-24-15-6-4-3-5-14(13)15/h3-6,10,12,16-18,24,28H,7-9,11,23H2,1-2H3,(H,25,31)(H,26,30)(H,27,29)(H,32,33). The van der Waals surface area contributed by atoms with Gasteiger partial charge in [-0.1, -0.05) is 18.2 Å². The van der Waals surface area contributed by atoms with Crippen LogP contribution >= 0.6 is 11.8 Å². The van der Waals surface area contributed by atoms with Gasteiger partial charge < -0.3 is 36.9 Å². The van der Waals surface area contributed by atoms with Gasteiger partial charge in [-0.15, -0.1) is 0 Å². The zero-order chi connectivity index (χ0) is 25.3. The number of carbonyl (C=O) groups is 4. The van der Waals surface area contributed by atoms with Crippen LogP contribution in [-0.2, 0) is 25.6 Å². The van der Waals surface area contributed by atoms with E-state index < -0.39 is 54.5 Å². The lowest BCUT2D eigenvalue weighted by Crippen LogP contribution is -2.58. The van der Waals surface area contributed by atoms with Gasteiger partial charge in [0.2, 0.25) is 17.7 Å². The number of rotatable bonds is 13. The third kappa shape index (κ3) is 7.47. The van der Waals surface area contributed by atoms with Crippen LogP contribution in [0, 0.1) is 0 Å². The number of carboxylic acid groups (broad SMARTS) is 1. The second-order valence-corrected chi connectivity index (χ2v) is 8.82. The number of aromatic amines is 1. The van der Waals surface area contributed by atoms with E-state index >= 15 is 0 Å². The highest BCUT2D eigenvalue weighted by Crippen LogP contribution is 2.19. The van der Waals surface area contributed by atoms with Gasteiger partial charge in [0.05, 0.1) is 12.6 Å². The quantitative estimate of drug-likeness (QED) is 0.192. The molecule has 0 saturated carbocycles. The number of H-pyrrole nitrogens is 1. The molecule has 34 heavy (non-hydrogen) atoms. The average molecular weight is 494 g/mol. The van der Waals surface area contributed by atoms with Crippen molar-refractivity contribution in [3.63, 3.8) is 0 Å². The highest BCUT2D eigenvalue weighted by molar-refractivity contribution is 7.98. The van der Waals surface area contributed by atoms with Crippen molar-refractivity contribution in [2.24, 2.45) is 5.73 Å². The summed E-state index contributed by atoms with van der Waals surface area (Å²) in [7, 11) is 0. The second-order valence-electron chi connectivity index (χ2n) is 7.84. The third-order valence-corrected chi connectivity index (χ3v) is 5.83. The number of carboxylic acids is 1. The lowest BCUT2D eigenvalue weighted by atomic mass is 10.0. The van der Waals surface area contributed by atoms with Crippen molar-refractivity contribution in [2.45, 2.75) is 43.9 Å². The fraction of sp³-hybridized carbons (Fsp3) is 0.455. The van der Waals surface area contributed by atoms with E-state index in [1.165, 1.54) is 18.7 Å². The molecule has 0 aliphatic heterocycles. The Morgan fingerprint density at radius 1 is 1.03 bits per heavy atom. The van der Waals surface area contributed by atoms with E-state index in [2.05, 4.69) is 20.9 Å². The maximum absolute atomic E-state index is 13.0. The van der Waals surface area contributed by atoms with Crippen LogP contribution in [0.2, 0.25) is 0 Å². The van der Waals surface area contributed by atoms with E-state index in [1.54, 1.807) is 6.20 Å². The van der Waals surface area contributed by atoms with Gasteiger partial charge in [-0.05, 0) is 37.0 Å². The maximum atomic E-state index is 13.0. The number of nitrogens with two attached hydrogens (primary N) is 1. The van der Waals surface area contributed by atoms with Crippen LogP contribution in [0.3, 0.4) is 0 Å². The first-order chi connectivity index (χ1) is 16.2. The fourth-order valence-corrected chi connectivity index (χ4v) is 3.74. The molecule has 12 heteroatoms. The minimum atomic E-state index is -1.30. The summed E-state index contributed by atoms with van der Waals surface area (Å²) in [4.78, 5) is 52.3. The summed E-state index contributed by atoms with van der Waals surface area (Å²) >= 11 is 1.45.